The maximum Gasteiger partial charge on any atom is 0.00472 e. The van der Waals surface area contributed by atoms with E-state index in [9.17, 15) is 0 Å². The van der Waals surface area contributed by atoms with E-state index in [0.29, 0.717) is 5.41 Å². The Labute approximate surface area is 115 Å². The van der Waals surface area contributed by atoms with Crippen LogP contribution in [0.1, 0.15) is 59.3 Å². The van der Waals surface area contributed by atoms with Crippen LogP contribution >= 0.6 is 0 Å². The van der Waals surface area contributed by atoms with Gasteiger partial charge in [0.05, 0.1) is 0 Å². The summed E-state index contributed by atoms with van der Waals surface area (Å²) in [6.45, 7) is 11.9. The SMILES string of the molecule is CCCNCC1(CN(C)CC(C)CC)CCCC1. The van der Waals surface area contributed by atoms with Gasteiger partial charge in [-0.3, -0.25) is 0 Å². The molecular formula is C16H34N2. The number of hydrogen-bond acceptors (Lipinski definition) is 2. The van der Waals surface area contributed by atoms with Crippen LogP contribution < -0.4 is 5.32 Å². The average Bonchev–Trinajstić information content (AvgIpc) is 2.77. The van der Waals surface area contributed by atoms with E-state index < -0.39 is 0 Å². The lowest BCUT2D eigenvalue weighted by Crippen LogP contribution is -2.42. The van der Waals surface area contributed by atoms with Gasteiger partial charge in [-0.1, -0.05) is 40.0 Å². The Balaban J connectivity index is 2.41. The summed E-state index contributed by atoms with van der Waals surface area (Å²) in [6.07, 6.45) is 8.27. The van der Waals surface area contributed by atoms with Gasteiger partial charge in [0.1, 0.15) is 0 Å². The monoisotopic (exact) mass is 254 g/mol. The number of nitrogens with one attached hydrogen (secondary N) is 1. The van der Waals surface area contributed by atoms with Crippen molar-refractivity contribution in [1.29, 1.82) is 0 Å². The number of nitrogens with zero attached hydrogens (tertiary/aromatic N) is 1. The summed E-state index contributed by atoms with van der Waals surface area (Å²) in [7, 11) is 2.31. The highest BCUT2D eigenvalue weighted by atomic mass is 15.1. The standard InChI is InChI=1S/C16H34N2/c1-5-11-17-13-16(9-7-8-10-16)14-18(4)12-15(3)6-2/h15,17H,5-14H2,1-4H3. The topological polar surface area (TPSA) is 15.3 Å². The predicted octanol–water partition coefficient (Wildman–Crippen LogP) is 3.52. The molecule has 18 heavy (non-hydrogen) atoms. The third-order valence-corrected chi connectivity index (χ3v) is 4.52. The van der Waals surface area contributed by atoms with Gasteiger partial charge in [0.25, 0.3) is 0 Å². The summed E-state index contributed by atoms with van der Waals surface area (Å²) in [5.41, 5.74) is 0.567. The Hall–Kier alpha value is -0.0800. The predicted molar refractivity (Wildman–Crippen MR) is 81.0 cm³/mol. The fraction of sp³-hybridized carbons (Fsp3) is 1.00. The molecule has 1 saturated carbocycles. The fourth-order valence-electron chi connectivity index (χ4n) is 3.34. The number of rotatable bonds is 9. The fourth-order valence-corrected chi connectivity index (χ4v) is 3.34. The first-order valence-electron chi connectivity index (χ1n) is 8.01. The highest BCUT2D eigenvalue weighted by Crippen LogP contribution is 2.38. The van der Waals surface area contributed by atoms with Crippen LogP contribution in [-0.2, 0) is 0 Å². The van der Waals surface area contributed by atoms with Crippen molar-refractivity contribution in [2.24, 2.45) is 11.3 Å². The molecular weight excluding hydrogens is 220 g/mol. The van der Waals surface area contributed by atoms with E-state index in [0.717, 1.165) is 5.92 Å². The molecule has 1 rings (SSSR count). The quantitative estimate of drug-likeness (QED) is 0.633. The molecule has 2 nitrogen and oxygen atoms in total. The van der Waals surface area contributed by atoms with Crippen molar-refractivity contribution in [2.75, 3.05) is 33.2 Å². The second kappa shape index (κ2) is 8.16. The van der Waals surface area contributed by atoms with Gasteiger partial charge < -0.3 is 10.2 Å². The molecule has 0 heterocycles. The van der Waals surface area contributed by atoms with Gasteiger partial charge >= 0.3 is 0 Å². The van der Waals surface area contributed by atoms with Crippen LogP contribution in [0.15, 0.2) is 0 Å². The lowest BCUT2D eigenvalue weighted by Gasteiger charge is -2.35. The van der Waals surface area contributed by atoms with E-state index in [1.165, 1.54) is 64.7 Å². The second-order valence-corrected chi connectivity index (χ2v) is 6.59. The van der Waals surface area contributed by atoms with Crippen LogP contribution in [0.4, 0.5) is 0 Å². The van der Waals surface area contributed by atoms with Crippen molar-refractivity contribution in [2.45, 2.75) is 59.3 Å². The lowest BCUT2D eigenvalue weighted by atomic mass is 9.85. The van der Waals surface area contributed by atoms with Gasteiger partial charge in [0.2, 0.25) is 0 Å². The van der Waals surface area contributed by atoms with E-state index in [1.807, 2.05) is 0 Å². The van der Waals surface area contributed by atoms with E-state index in [-0.39, 0.29) is 0 Å². The second-order valence-electron chi connectivity index (χ2n) is 6.59. The molecule has 1 fully saturated rings. The van der Waals surface area contributed by atoms with Crippen LogP contribution in [-0.4, -0.2) is 38.1 Å². The summed E-state index contributed by atoms with van der Waals surface area (Å²) >= 11 is 0. The summed E-state index contributed by atoms with van der Waals surface area (Å²) in [4.78, 5) is 2.58. The molecule has 108 valence electrons. The maximum atomic E-state index is 3.66. The van der Waals surface area contributed by atoms with E-state index in [2.05, 4.69) is 38.0 Å². The zero-order valence-corrected chi connectivity index (χ0v) is 13.1. The molecule has 2 heteroatoms. The molecule has 1 atom stereocenters. The minimum absolute atomic E-state index is 0.567. The lowest BCUT2D eigenvalue weighted by molar-refractivity contribution is 0.158. The Morgan fingerprint density at radius 1 is 1.22 bits per heavy atom. The van der Waals surface area contributed by atoms with Crippen molar-refractivity contribution < 1.29 is 0 Å². The minimum Gasteiger partial charge on any atom is -0.316 e. The summed E-state index contributed by atoms with van der Waals surface area (Å²) in [5.74, 6) is 0.831. The summed E-state index contributed by atoms with van der Waals surface area (Å²) in [5, 5.41) is 3.66. The molecule has 0 radical (unpaired) electrons. The van der Waals surface area contributed by atoms with Gasteiger partial charge in [-0.15, -0.1) is 0 Å². The van der Waals surface area contributed by atoms with Crippen molar-refractivity contribution in [3.8, 4) is 0 Å². The molecule has 0 bridgehead atoms. The van der Waals surface area contributed by atoms with Gasteiger partial charge in [-0.25, -0.2) is 0 Å². The molecule has 1 unspecified atom stereocenters. The molecule has 0 aromatic carbocycles. The minimum atomic E-state index is 0.567. The largest absolute Gasteiger partial charge is 0.316 e. The van der Waals surface area contributed by atoms with Gasteiger partial charge in [0, 0.05) is 19.6 Å². The zero-order chi connectivity index (χ0) is 13.4. The van der Waals surface area contributed by atoms with Gasteiger partial charge in [0.15, 0.2) is 0 Å². The highest BCUT2D eigenvalue weighted by molar-refractivity contribution is 4.89. The molecule has 0 aromatic rings. The van der Waals surface area contributed by atoms with Crippen LogP contribution in [0.5, 0.6) is 0 Å². The molecule has 0 aliphatic heterocycles. The summed E-state index contributed by atoms with van der Waals surface area (Å²) < 4.78 is 0. The Morgan fingerprint density at radius 2 is 1.89 bits per heavy atom. The average molecular weight is 254 g/mol. The number of hydrogen-bond donors (Lipinski definition) is 1. The maximum absolute atomic E-state index is 3.66. The van der Waals surface area contributed by atoms with Crippen molar-refractivity contribution in [3.05, 3.63) is 0 Å². The van der Waals surface area contributed by atoms with Crippen molar-refractivity contribution in [1.82, 2.24) is 10.2 Å². The van der Waals surface area contributed by atoms with Crippen LogP contribution in [0.3, 0.4) is 0 Å². The van der Waals surface area contributed by atoms with E-state index in [4.69, 9.17) is 0 Å². The molecule has 0 saturated heterocycles. The molecule has 0 spiro atoms. The van der Waals surface area contributed by atoms with Gasteiger partial charge in [-0.05, 0) is 44.2 Å². The van der Waals surface area contributed by atoms with Gasteiger partial charge in [-0.2, -0.15) is 0 Å². The van der Waals surface area contributed by atoms with Crippen LogP contribution in [0.2, 0.25) is 0 Å². The molecule has 0 amide bonds. The Morgan fingerprint density at radius 3 is 2.44 bits per heavy atom. The smallest absolute Gasteiger partial charge is 0.00472 e. The van der Waals surface area contributed by atoms with Crippen molar-refractivity contribution >= 4 is 0 Å². The van der Waals surface area contributed by atoms with Crippen LogP contribution in [0.25, 0.3) is 0 Å². The molecule has 1 aliphatic carbocycles. The van der Waals surface area contributed by atoms with Crippen molar-refractivity contribution in [3.63, 3.8) is 0 Å². The highest BCUT2D eigenvalue weighted by Gasteiger charge is 2.34. The Bertz CT molecular complexity index is 209. The van der Waals surface area contributed by atoms with Crippen LogP contribution in [0, 0.1) is 11.3 Å². The Kier molecular flexibility index (Phi) is 7.25. The molecule has 1 N–H and O–H groups in total. The third-order valence-electron chi connectivity index (χ3n) is 4.52. The normalized spacial score (nSPS) is 20.5. The molecule has 0 aromatic heterocycles. The first-order chi connectivity index (χ1) is 8.62. The molecule has 1 aliphatic rings. The van der Waals surface area contributed by atoms with E-state index >= 15 is 0 Å². The first-order valence-corrected chi connectivity index (χ1v) is 8.01. The first kappa shape index (κ1) is 16.0. The zero-order valence-electron chi connectivity index (χ0n) is 13.1. The van der Waals surface area contributed by atoms with E-state index in [1.54, 1.807) is 0 Å². The summed E-state index contributed by atoms with van der Waals surface area (Å²) in [6, 6.07) is 0. The third kappa shape index (κ3) is 5.27.